The van der Waals surface area contributed by atoms with E-state index in [0.717, 1.165) is 5.39 Å². The van der Waals surface area contributed by atoms with Gasteiger partial charge in [-0.25, -0.2) is 4.79 Å². The zero-order valence-electron chi connectivity index (χ0n) is 19.6. The summed E-state index contributed by atoms with van der Waals surface area (Å²) in [6.07, 6.45) is 3.15. The SMILES string of the molecule is O=C(O)c1ccccc1-c1c2cc(Cl)c(=O)cc-2oc2c(/C=N/c3cccc4cccnc34)c(O)ccc12. The number of aliphatic imine (C=N–C) groups is 1. The van der Waals surface area contributed by atoms with Crippen LogP contribution in [0.2, 0.25) is 5.02 Å². The van der Waals surface area contributed by atoms with Crippen LogP contribution in [0.1, 0.15) is 15.9 Å². The molecule has 3 aromatic carbocycles. The summed E-state index contributed by atoms with van der Waals surface area (Å²) in [6.45, 7) is 0. The number of aromatic nitrogens is 1. The van der Waals surface area contributed by atoms with Crippen LogP contribution in [-0.4, -0.2) is 27.4 Å². The fraction of sp³-hybridized carbons (Fsp3) is 0. The first kappa shape index (κ1) is 23.4. The van der Waals surface area contributed by atoms with Gasteiger partial charge in [-0.15, -0.1) is 0 Å². The predicted molar refractivity (Wildman–Crippen MR) is 147 cm³/mol. The van der Waals surface area contributed by atoms with E-state index in [9.17, 15) is 19.8 Å². The summed E-state index contributed by atoms with van der Waals surface area (Å²) in [5, 5.41) is 22.1. The van der Waals surface area contributed by atoms with Crippen molar-refractivity contribution >= 4 is 51.3 Å². The molecule has 6 rings (SSSR count). The van der Waals surface area contributed by atoms with Crippen LogP contribution >= 0.6 is 11.6 Å². The van der Waals surface area contributed by atoms with Crippen LogP contribution in [0.15, 0.2) is 99.3 Å². The first-order valence-electron chi connectivity index (χ1n) is 11.5. The number of aromatic hydroxyl groups is 1. The molecule has 0 atom stereocenters. The maximum atomic E-state index is 12.4. The van der Waals surface area contributed by atoms with Crippen molar-refractivity contribution in [1.29, 1.82) is 0 Å². The molecule has 1 aromatic heterocycles. The van der Waals surface area contributed by atoms with Crippen LogP contribution in [0.3, 0.4) is 0 Å². The minimum atomic E-state index is -1.11. The number of carboxylic acids is 1. The van der Waals surface area contributed by atoms with Gasteiger partial charge >= 0.3 is 5.97 Å². The molecule has 1 aliphatic heterocycles. The third-order valence-electron chi connectivity index (χ3n) is 6.33. The van der Waals surface area contributed by atoms with E-state index in [2.05, 4.69) is 9.98 Å². The van der Waals surface area contributed by atoms with E-state index in [-0.39, 0.29) is 33.2 Å². The Morgan fingerprint density at radius 2 is 1.79 bits per heavy atom. The van der Waals surface area contributed by atoms with Gasteiger partial charge < -0.3 is 14.6 Å². The molecule has 0 saturated carbocycles. The van der Waals surface area contributed by atoms with Crippen molar-refractivity contribution in [3.63, 3.8) is 0 Å². The van der Waals surface area contributed by atoms with Crippen LogP contribution in [0.25, 0.3) is 44.3 Å². The highest BCUT2D eigenvalue weighted by Gasteiger charge is 2.24. The topological polar surface area (TPSA) is 113 Å². The number of phenols is 1. The number of carboxylic acid groups (broad SMARTS) is 1. The molecular formula is C30H17ClN2O5. The highest BCUT2D eigenvalue weighted by atomic mass is 35.5. The molecule has 2 heterocycles. The van der Waals surface area contributed by atoms with Crippen LogP contribution in [0, 0.1) is 0 Å². The second-order valence-corrected chi connectivity index (χ2v) is 9.00. The Balaban J connectivity index is 1.69. The Bertz CT molecular complexity index is 1960. The molecule has 0 unspecified atom stereocenters. The van der Waals surface area contributed by atoms with Crippen molar-refractivity contribution < 1.29 is 19.4 Å². The molecule has 8 heteroatoms. The Labute approximate surface area is 220 Å². The predicted octanol–water partition coefficient (Wildman–Crippen LogP) is 6.92. The lowest BCUT2D eigenvalue weighted by molar-refractivity contribution is 0.0697. The van der Waals surface area contributed by atoms with Gasteiger partial charge in [0.05, 0.1) is 27.4 Å². The number of hydrogen-bond donors (Lipinski definition) is 2. The number of halogens is 1. The molecule has 1 aliphatic carbocycles. The standard InChI is InChI=1S/C30H17ClN2O5/c31-22-13-20-26(14-25(22)35)38-29-19(27(20)17-7-1-2-8-18(17)30(36)37)10-11-24(34)21(29)15-33-23-9-3-5-16-6-4-12-32-28(16)23/h1-15,34H,(H,36,37)/b33-15+. The number of benzene rings is 4. The van der Waals surface area contributed by atoms with Gasteiger partial charge in [0, 0.05) is 40.4 Å². The van der Waals surface area contributed by atoms with Gasteiger partial charge in [0.25, 0.3) is 0 Å². The summed E-state index contributed by atoms with van der Waals surface area (Å²) in [6, 6.07) is 21.7. The lowest BCUT2D eigenvalue weighted by Crippen LogP contribution is -2.05. The Kier molecular flexibility index (Phi) is 5.62. The zero-order chi connectivity index (χ0) is 26.4. The van der Waals surface area contributed by atoms with E-state index < -0.39 is 11.4 Å². The number of pyridine rings is 1. The van der Waals surface area contributed by atoms with Gasteiger partial charge in [-0.2, -0.15) is 0 Å². The molecule has 0 amide bonds. The highest BCUT2D eigenvalue weighted by Crippen LogP contribution is 2.44. The third kappa shape index (κ3) is 3.86. The number of para-hydroxylation sites is 1. The van der Waals surface area contributed by atoms with E-state index in [1.807, 2.05) is 24.3 Å². The van der Waals surface area contributed by atoms with Crippen LogP contribution < -0.4 is 5.43 Å². The summed E-state index contributed by atoms with van der Waals surface area (Å²) < 4.78 is 6.16. The van der Waals surface area contributed by atoms with E-state index in [1.165, 1.54) is 30.5 Å². The number of aromatic carboxylic acids is 1. The number of fused-ring (bicyclic) bond motifs is 3. The van der Waals surface area contributed by atoms with Gasteiger partial charge in [-0.1, -0.05) is 48.0 Å². The lowest BCUT2D eigenvalue weighted by atomic mass is 9.90. The van der Waals surface area contributed by atoms with Gasteiger partial charge in [0.1, 0.15) is 17.1 Å². The molecule has 38 heavy (non-hydrogen) atoms. The molecular weight excluding hydrogens is 504 g/mol. The molecule has 0 radical (unpaired) electrons. The summed E-state index contributed by atoms with van der Waals surface area (Å²) in [5.41, 5.74) is 2.75. The molecule has 0 spiro atoms. The summed E-state index contributed by atoms with van der Waals surface area (Å²) in [7, 11) is 0. The Morgan fingerprint density at radius 3 is 2.63 bits per heavy atom. The van der Waals surface area contributed by atoms with E-state index >= 15 is 0 Å². The van der Waals surface area contributed by atoms with Gasteiger partial charge in [0.2, 0.25) is 5.43 Å². The van der Waals surface area contributed by atoms with E-state index in [0.29, 0.717) is 33.3 Å². The van der Waals surface area contributed by atoms with E-state index in [1.54, 1.807) is 36.5 Å². The molecule has 7 nitrogen and oxygen atoms in total. The molecule has 0 bridgehead atoms. The average molecular weight is 521 g/mol. The number of carbonyl (C=O) groups is 1. The maximum absolute atomic E-state index is 12.4. The van der Waals surface area contributed by atoms with Gasteiger partial charge in [-0.05, 0) is 42.0 Å². The quantitative estimate of drug-likeness (QED) is 0.193. The van der Waals surface area contributed by atoms with Crippen LogP contribution in [0.4, 0.5) is 5.69 Å². The zero-order valence-corrected chi connectivity index (χ0v) is 20.3. The molecule has 0 saturated heterocycles. The summed E-state index contributed by atoms with van der Waals surface area (Å²) in [5.74, 6) is -1.03. The molecule has 0 fully saturated rings. The minimum Gasteiger partial charge on any atom is -0.507 e. The third-order valence-corrected chi connectivity index (χ3v) is 6.62. The number of hydrogen-bond acceptors (Lipinski definition) is 6. The summed E-state index contributed by atoms with van der Waals surface area (Å²) in [4.78, 5) is 33.5. The van der Waals surface area contributed by atoms with Gasteiger partial charge in [0.15, 0.2) is 0 Å². The normalized spacial score (nSPS) is 11.6. The maximum Gasteiger partial charge on any atom is 0.336 e. The Hall–Kier alpha value is -5.01. The monoisotopic (exact) mass is 520 g/mol. The Morgan fingerprint density at radius 1 is 0.974 bits per heavy atom. The smallest absolute Gasteiger partial charge is 0.336 e. The van der Waals surface area contributed by atoms with Gasteiger partial charge in [-0.3, -0.25) is 14.8 Å². The molecule has 4 aromatic rings. The number of rotatable bonds is 4. The van der Waals surface area contributed by atoms with Crippen molar-refractivity contribution in [2.45, 2.75) is 0 Å². The second-order valence-electron chi connectivity index (χ2n) is 8.59. The lowest BCUT2D eigenvalue weighted by Gasteiger charge is -2.18. The first-order valence-corrected chi connectivity index (χ1v) is 11.9. The van der Waals surface area contributed by atoms with E-state index in [4.69, 9.17) is 16.0 Å². The minimum absolute atomic E-state index is 0.0230. The largest absolute Gasteiger partial charge is 0.507 e. The fourth-order valence-electron chi connectivity index (χ4n) is 4.59. The number of nitrogens with zero attached hydrogens (tertiary/aromatic N) is 2. The average Bonchev–Trinajstić information content (AvgIpc) is 2.92. The van der Waals surface area contributed by atoms with Crippen molar-refractivity contribution in [3.05, 3.63) is 111 Å². The molecule has 2 N–H and O–H groups in total. The molecule has 184 valence electrons. The highest BCUT2D eigenvalue weighted by molar-refractivity contribution is 6.31. The number of phenolic OH excluding ortho intramolecular Hbond substituents is 1. The van der Waals surface area contributed by atoms with Crippen molar-refractivity contribution in [2.75, 3.05) is 0 Å². The van der Waals surface area contributed by atoms with Crippen LogP contribution in [-0.2, 0) is 0 Å². The molecule has 2 aliphatic rings. The summed E-state index contributed by atoms with van der Waals surface area (Å²) >= 11 is 6.18. The second kappa shape index (κ2) is 9.14. The van der Waals surface area contributed by atoms with Crippen molar-refractivity contribution in [2.24, 2.45) is 4.99 Å². The van der Waals surface area contributed by atoms with Crippen LogP contribution in [0.5, 0.6) is 5.75 Å². The fourth-order valence-corrected chi connectivity index (χ4v) is 4.76. The first-order chi connectivity index (χ1) is 18.4. The van der Waals surface area contributed by atoms with Crippen molar-refractivity contribution in [1.82, 2.24) is 4.98 Å². The van der Waals surface area contributed by atoms with Crippen molar-refractivity contribution in [3.8, 4) is 28.2 Å².